The second-order valence-electron chi connectivity index (χ2n) is 2.85. The van der Waals surface area contributed by atoms with Crippen LogP contribution in [0.25, 0.3) is 6.08 Å². The van der Waals surface area contributed by atoms with Crippen molar-refractivity contribution in [3.63, 3.8) is 0 Å². The quantitative estimate of drug-likeness (QED) is 0.585. The number of rotatable bonds is 3. The lowest BCUT2D eigenvalue weighted by Crippen LogP contribution is -1.91. The highest BCUT2D eigenvalue weighted by Crippen LogP contribution is 2.06. The van der Waals surface area contributed by atoms with Crippen LogP contribution in [0.2, 0.25) is 0 Å². The van der Waals surface area contributed by atoms with E-state index in [0.717, 1.165) is 11.6 Å². The molecule has 1 aromatic carbocycles. The lowest BCUT2D eigenvalue weighted by molar-refractivity contribution is -0.131. The van der Waals surface area contributed by atoms with Crippen LogP contribution in [-0.4, -0.2) is 16.9 Å². The van der Waals surface area contributed by atoms with E-state index in [0.29, 0.717) is 5.56 Å². The molecule has 1 rings (SSSR count). The largest absolute Gasteiger partial charge is 0.478 e. The van der Waals surface area contributed by atoms with Crippen LogP contribution in [0.3, 0.4) is 0 Å². The van der Waals surface area contributed by atoms with Crippen molar-refractivity contribution in [3.05, 3.63) is 41.5 Å². The van der Waals surface area contributed by atoms with Gasteiger partial charge in [-0.05, 0) is 18.6 Å². The van der Waals surface area contributed by atoms with Gasteiger partial charge in [-0.25, -0.2) is 4.79 Å². The molecule has 0 fully saturated rings. The molecule has 0 aromatic heterocycles. The van der Waals surface area contributed by atoms with Crippen molar-refractivity contribution in [1.82, 2.24) is 0 Å². The Bertz CT molecular complexity index is 374. The molecule has 0 aliphatic rings. The molecule has 0 aliphatic heterocycles. The van der Waals surface area contributed by atoms with Crippen LogP contribution in [0.5, 0.6) is 0 Å². The minimum atomic E-state index is -0.986. The maximum atomic E-state index is 10.9. The monoisotopic (exact) mass is 190 g/mol. The summed E-state index contributed by atoms with van der Waals surface area (Å²) in [4.78, 5) is 21.1. The van der Waals surface area contributed by atoms with Gasteiger partial charge in [-0.15, -0.1) is 0 Å². The summed E-state index contributed by atoms with van der Waals surface area (Å²) in [6.45, 7) is 1.49. The number of carbonyl (C=O) groups is 2. The van der Waals surface area contributed by atoms with E-state index in [9.17, 15) is 9.59 Å². The van der Waals surface area contributed by atoms with E-state index in [4.69, 9.17) is 5.11 Å². The van der Waals surface area contributed by atoms with E-state index >= 15 is 0 Å². The number of carboxylic acid groups (broad SMARTS) is 1. The van der Waals surface area contributed by atoms with Crippen molar-refractivity contribution in [1.29, 1.82) is 0 Å². The molecule has 0 saturated heterocycles. The number of ketones is 1. The number of hydrogen-bond acceptors (Lipinski definition) is 2. The number of carboxylic acids is 1. The predicted molar refractivity (Wildman–Crippen MR) is 53.1 cm³/mol. The number of aliphatic carboxylic acids is 1. The van der Waals surface area contributed by atoms with Crippen molar-refractivity contribution < 1.29 is 14.7 Å². The summed E-state index contributed by atoms with van der Waals surface area (Å²) in [6, 6.07) is 6.75. The van der Waals surface area contributed by atoms with Crippen LogP contribution >= 0.6 is 0 Å². The van der Waals surface area contributed by atoms with E-state index in [-0.39, 0.29) is 5.78 Å². The van der Waals surface area contributed by atoms with Gasteiger partial charge in [0, 0.05) is 11.6 Å². The van der Waals surface area contributed by atoms with Gasteiger partial charge in [0.2, 0.25) is 0 Å². The van der Waals surface area contributed by atoms with Crippen molar-refractivity contribution in [2.45, 2.75) is 6.92 Å². The van der Waals surface area contributed by atoms with E-state index < -0.39 is 5.97 Å². The van der Waals surface area contributed by atoms with Crippen molar-refractivity contribution in [2.24, 2.45) is 0 Å². The predicted octanol–water partition coefficient (Wildman–Crippen LogP) is 1.99. The van der Waals surface area contributed by atoms with E-state index in [1.165, 1.54) is 13.0 Å². The Morgan fingerprint density at radius 3 is 2.21 bits per heavy atom. The Hall–Kier alpha value is -1.90. The topological polar surface area (TPSA) is 54.4 Å². The molecule has 0 amide bonds. The Morgan fingerprint density at radius 1 is 1.21 bits per heavy atom. The molecule has 0 saturated carbocycles. The molecule has 0 spiro atoms. The fourth-order valence-electron chi connectivity index (χ4n) is 0.996. The highest BCUT2D eigenvalue weighted by atomic mass is 16.4. The average molecular weight is 190 g/mol. The van der Waals surface area contributed by atoms with Gasteiger partial charge in [0.05, 0.1) is 0 Å². The molecule has 3 nitrogen and oxygen atoms in total. The fraction of sp³-hybridized carbons (Fsp3) is 0.0909. The summed E-state index contributed by atoms with van der Waals surface area (Å²) in [5.74, 6) is -0.987. The molecule has 72 valence electrons. The lowest BCUT2D eigenvalue weighted by Gasteiger charge is -1.95. The maximum Gasteiger partial charge on any atom is 0.328 e. The summed E-state index contributed by atoms with van der Waals surface area (Å²) < 4.78 is 0. The Morgan fingerprint density at radius 2 is 1.79 bits per heavy atom. The molecular weight excluding hydrogens is 180 g/mol. The third kappa shape index (κ3) is 2.86. The summed E-state index contributed by atoms with van der Waals surface area (Å²) in [6.07, 6.45) is 2.54. The number of Topliss-reactive ketones (excluding diaryl/α,β-unsaturated/α-hetero) is 1. The normalized spacial score (nSPS) is 10.4. The van der Waals surface area contributed by atoms with Crippen LogP contribution in [0.4, 0.5) is 0 Å². The van der Waals surface area contributed by atoms with Gasteiger partial charge >= 0.3 is 5.97 Å². The van der Waals surface area contributed by atoms with E-state index in [1.54, 1.807) is 24.3 Å². The van der Waals surface area contributed by atoms with Crippen LogP contribution in [0.1, 0.15) is 22.8 Å². The van der Waals surface area contributed by atoms with Gasteiger partial charge in [-0.3, -0.25) is 4.79 Å². The molecule has 0 heterocycles. The molecule has 3 heteroatoms. The second-order valence-corrected chi connectivity index (χ2v) is 2.85. The number of benzene rings is 1. The molecule has 1 aromatic rings. The molecule has 1 N–H and O–H groups in total. The van der Waals surface area contributed by atoms with Gasteiger partial charge in [0.15, 0.2) is 5.78 Å². The smallest absolute Gasteiger partial charge is 0.328 e. The van der Waals surface area contributed by atoms with Gasteiger partial charge in [-0.1, -0.05) is 24.3 Å². The number of hydrogen-bond donors (Lipinski definition) is 1. The summed E-state index contributed by atoms with van der Waals surface area (Å²) >= 11 is 0. The SMILES string of the molecule is CC(=O)c1ccc(C=CC(=O)O)cc1. The lowest BCUT2D eigenvalue weighted by atomic mass is 10.1. The third-order valence-corrected chi connectivity index (χ3v) is 1.74. The maximum absolute atomic E-state index is 10.9. The van der Waals surface area contributed by atoms with Crippen LogP contribution < -0.4 is 0 Å². The van der Waals surface area contributed by atoms with E-state index in [1.807, 2.05) is 0 Å². The van der Waals surface area contributed by atoms with Crippen LogP contribution in [-0.2, 0) is 4.79 Å². The zero-order valence-corrected chi connectivity index (χ0v) is 7.73. The van der Waals surface area contributed by atoms with E-state index in [2.05, 4.69) is 0 Å². The molecule has 0 unspecified atom stereocenters. The number of carbonyl (C=O) groups excluding carboxylic acids is 1. The van der Waals surface area contributed by atoms with Crippen LogP contribution in [0, 0.1) is 0 Å². The minimum absolute atomic E-state index is 0.00114. The zero-order valence-electron chi connectivity index (χ0n) is 7.73. The first kappa shape index (κ1) is 10.2. The standard InChI is InChI=1S/C11H10O3/c1-8(12)10-5-2-9(3-6-10)4-7-11(13)14/h2-7H,1H3,(H,13,14). The summed E-state index contributed by atoms with van der Waals surface area (Å²) in [7, 11) is 0. The third-order valence-electron chi connectivity index (χ3n) is 1.74. The molecule has 0 radical (unpaired) electrons. The molecule has 14 heavy (non-hydrogen) atoms. The first-order chi connectivity index (χ1) is 6.59. The molecule has 0 atom stereocenters. The van der Waals surface area contributed by atoms with Crippen molar-refractivity contribution >= 4 is 17.8 Å². The fourth-order valence-corrected chi connectivity index (χ4v) is 0.996. The highest BCUT2D eigenvalue weighted by molar-refractivity contribution is 5.94. The van der Waals surface area contributed by atoms with Gasteiger partial charge in [-0.2, -0.15) is 0 Å². The first-order valence-corrected chi connectivity index (χ1v) is 4.11. The van der Waals surface area contributed by atoms with Crippen molar-refractivity contribution in [2.75, 3.05) is 0 Å². The Balaban J connectivity index is 2.83. The van der Waals surface area contributed by atoms with Gasteiger partial charge in [0.1, 0.15) is 0 Å². The Labute approximate surface area is 81.7 Å². The van der Waals surface area contributed by atoms with Gasteiger partial charge < -0.3 is 5.11 Å². The first-order valence-electron chi connectivity index (χ1n) is 4.11. The highest BCUT2D eigenvalue weighted by Gasteiger charge is 1.97. The van der Waals surface area contributed by atoms with Crippen LogP contribution in [0.15, 0.2) is 30.3 Å². The molecule has 0 bridgehead atoms. The summed E-state index contributed by atoms with van der Waals surface area (Å²) in [5.41, 5.74) is 1.38. The summed E-state index contributed by atoms with van der Waals surface area (Å²) in [5, 5.41) is 8.38. The minimum Gasteiger partial charge on any atom is -0.478 e. The van der Waals surface area contributed by atoms with Crippen molar-refractivity contribution in [3.8, 4) is 0 Å². The zero-order chi connectivity index (χ0) is 10.6. The van der Waals surface area contributed by atoms with Gasteiger partial charge in [0.25, 0.3) is 0 Å². The molecular formula is C11H10O3. The molecule has 0 aliphatic carbocycles. The second kappa shape index (κ2) is 4.37. The average Bonchev–Trinajstić information content (AvgIpc) is 2.15. The Kier molecular flexibility index (Phi) is 3.18.